The summed E-state index contributed by atoms with van der Waals surface area (Å²) in [5.41, 5.74) is 5.51. The Morgan fingerprint density at radius 3 is 1.75 bits per heavy atom. The van der Waals surface area contributed by atoms with Crippen LogP contribution in [0, 0.1) is 11.5 Å². The van der Waals surface area contributed by atoms with Gasteiger partial charge in [0.15, 0.2) is 0 Å². The molecule has 0 saturated carbocycles. The number of hydrogen-bond acceptors (Lipinski definition) is 1. The van der Waals surface area contributed by atoms with Gasteiger partial charge in [-0.2, -0.15) is 0 Å². The summed E-state index contributed by atoms with van der Waals surface area (Å²) >= 11 is 0. The van der Waals surface area contributed by atoms with Crippen LogP contribution in [0.3, 0.4) is 0 Å². The molecule has 2 nitrogen and oxygen atoms in total. The Hall–Kier alpha value is -0.204. The Morgan fingerprint density at radius 1 is 1.75 bits per heavy atom. The van der Waals surface area contributed by atoms with Gasteiger partial charge in [-0.25, -0.2) is 0 Å². The quantitative estimate of drug-likeness (QED) is 0.403. The molecule has 0 aromatic rings. The first kappa shape index (κ1) is 9.20. The minimum absolute atomic E-state index is 0. The summed E-state index contributed by atoms with van der Waals surface area (Å²) in [4.78, 5) is 0. The Balaban J connectivity index is 0. The van der Waals surface area contributed by atoms with E-state index >= 15 is 0 Å². The molecule has 0 heterocycles. The van der Waals surface area contributed by atoms with Crippen LogP contribution in [-0.2, 0) is 16.8 Å². The molecule has 25 valence electrons. The van der Waals surface area contributed by atoms with E-state index in [-0.39, 0.29) is 16.8 Å². The van der Waals surface area contributed by atoms with Gasteiger partial charge in [-0.05, 0) is 0 Å². The third-order valence-corrected chi connectivity index (χ3v) is 0. The fourth-order valence-electron chi connectivity index (χ4n) is 0. The molecular weight excluding hydrogens is 99.0 g/mol. The summed E-state index contributed by atoms with van der Waals surface area (Å²) in [5, 5.41) is 6.99. The Morgan fingerprint density at radius 2 is 1.75 bits per heavy atom. The normalized spacial score (nSPS) is 1.75. The maximum atomic E-state index is 6.99. The van der Waals surface area contributed by atoms with Gasteiger partial charge in [-0.1, -0.05) is 6.19 Å². The van der Waals surface area contributed by atoms with Gasteiger partial charge in [0, 0.05) is 0 Å². The van der Waals surface area contributed by atoms with Crippen LogP contribution in [0.4, 0.5) is 0 Å². The molecule has 0 aliphatic carbocycles. The molecule has 0 spiro atoms. The van der Waals surface area contributed by atoms with Crippen LogP contribution in [0.2, 0.25) is 0 Å². The standard InChI is InChI=1S/CHN2.Co.H/c2-1-3;;/h2H;;/q-1;+1;. The van der Waals surface area contributed by atoms with Gasteiger partial charge < -0.3 is 11.0 Å². The first-order valence-corrected chi connectivity index (χ1v) is 0.474. The van der Waals surface area contributed by atoms with Crippen molar-refractivity contribution in [3.63, 3.8) is 0 Å². The molecule has 0 fully saturated rings. The van der Waals surface area contributed by atoms with E-state index in [9.17, 15) is 0 Å². The Bertz CT molecular complexity index is 27.5. The zero-order valence-corrected chi connectivity index (χ0v) is 2.90. The molecule has 0 atom stereocenters. The monoisotopic (exact) mass is 101 g/mol. The summed E-state index contributed by atoms with van der Waals surface area (Å²) in [6.07, 6.45) is 1.00. The van der Waals surface area contributed by atoms with Gasteiger partial charge in [0.1, 0.15) is 0 Å². The third kappa shape index (κ3) is 27.5. The van der Waals surface area contributed by atoms with Crippen LogP contribution in [0.25, 0.3) is 5.73 Å². The van der Waals surface area contributed by atoms with E-state index in [1.54, 1.807) is 0 Å². The number of nitrogens with zero attached hydrogens (tertiary/aromatic N) is 1. The van der Waals surface area contributed by atoms with Gasteiger partial charge in [0.2, 0.25) is 0 Å². The summed E-state index contributed by atoms with van der Waals surface area (Å²) in [7, 11) is 0. The molecule has 0 saturated heterocycles. The van der Waals surface area contributed by atoms with Gasteiger partial charge in [-0.3, -0.25) is 0 Å². The molecule has 0 aromatic heterocycles. The van der Waals surface area contributed by atoms with Crippen molar-refractivity contribution in [1.29, 1.82) is 5.26 Å². The second kappa shape index (κ2) is 14.2. The molecule has 0 rings (SSSR count). The van der Waals surface area contributed by atoms with E-state index < -0.39 is 0 Å². The average molecular weight is 101 g/mol. The number of nitrogens with one attached hydrogen (secondary N) is 1. The second-order valence-electron chi connectivity index (χ2n) is 0.112. The van der Waals surface area contributed by atoms with Crippen LogP contribution in [0.5, 0.6) is 0 Å². The Labute approximate surface area is 34.8 Å². The van der Waals surface area contributed by atoms with Crippen molar-refractivity contribution in [1.82, 2.24) is 0 Å². The molecule has 0 bridgehead atoms. The average Bonchev–Trinajstić information content (AvgIpc) is 0.918. The van der Waals surface area contributed by atoms with Crippen LogP contribution < -0.4 is 0 Å². The van der Waals surface area contributed by atoms with E-state index in [2.05, 4.69) is 0 Å². The van der Waals surface area contributed by atoms with Crippen LogP contribution in [0.1, 0.15) is 0 Å². The van der Waals surface area contributed by atoms with Crippen LogP contribution in [0.15, 0.2) is 0 Å². The van der Waals surface area contributed by atoms with Crippen LogP contribution in [-0.4, -0.2) is 0 Å². The van der Waals surface area contributed by atoms with Gasteiger partial charge >= 0.3 is 16.8 Å². The summed E-state index contributed by atoms with van der Waals surface area (Å²) in [6.45, 7) is 0. The molecule has 0 amide bonds. The van der Waals surface area contributed by atoms with E-state index in [0.29, 0.717) is 0 Å². The molecular formula is CH2CoN2. The molecule has 0 aliphatic rings. The third-order valence-electron chi connectivity index (χ3n) is 0. The zero-order chi connectivity index (χ0) is 2.71. The number of nitriles is 1. The van der Waals surface area contributed by atoms with Gasteiger partial charge in [0.25, 0.3) is 0 Å². The first-order valence-electron chi connectivity index (χ1n) is 0.474. The van der Waals surface area contributed by atoms with Gasteiger partial charge in [-0.15, -0.1) is 0 Å². The molecule has 0 radical (unpaired) electrons. The second-order valence-corrected chi connectivity index (χ2v) is 0.112. The number of rotatable bonds is 0. The predicted molar refractivity (Wildman–Crippen MR) is 11.3 cm³/mol. The molecule has 0 aromatic carbocycles. The van der Waals surface area contributed by atoms with Crippen LogP contribution >= 0.6 is 0 Å². The van der Waals surface area contributed by atoms with E-state index in [1.807, 2.05) is 0 Å². The molecule has 1 N–H and O–H groups in total. The van der Waals surface area contributed by atoms with E-state index in [1.165, 1.54) is 0 Å². The van der Waals surface area contributed by atoms with Crippen molar-refractivity contribution in [2.45, 2.75) is 0 Å². The van der Waals surface area contributed by atoms with Crippen molar-refractivity contribution >= 4 is 0 Å². The van der Waals surface area contributed by atoms with E-state index in [4.69, 9.17) is 11.0 Å². The van der Waals surface area contributed by atoms with Crippen molar-refractivity contribution in [2.24, 2.45) is 0 Å². The van der Waals surface area contributed by atoms with Crippen molar-refractivity contribution in [3.05, 3.63) is 5.73 Å². The SMILES string of the molecule is N#C[NH-].[CoH+]. The summed E-state index contributed by atoms with van der Waals surface area (Å²) in [5.74, 6) is 0. The Kier molecular flexibility index (Phi) is 32.7. The van der Waals surface area contributed by atoms with Gasteiger partial charge in [0.05, 0.1) is 0 Å². The topological polar surface area (TPSA) is 47.6 Å². The van der Waals surface area contributed by atoms with Crippen molar-refractivity contribution in [3.8, 4) is 6.19 Å². The summed E-state index contributed by atoms with van der Waals surface area (Å²) < 4.78 is 0. The molecule has 4 heavy (non-hydrogen) atoms. The number of hydrogen-bond donors (Lipinski definition) is 0. The summed E-state index contributed by atoms with van der Waals surface area (Å²) in [6, 6.07) is 0. The molecule has 0 aliphatic heterocycles. The minimum atomic E-state index is 0. The van der Waals surface area contributed by atoms with E-state index in [0.717, 1.165) is 6.19 Å². The predicted octanol–water partition coefficient (Wildman–Crippen LogP) is 0.249. The molecule has 3 heteroatoms. The fourth-order valence-corrected chi connectivity index (χ4v) is 0. The zero-order valence-electron chi connectivity index (χ0n) is 1.80. The van der Waals surface area contributed by atoms with Crippen molar-refractivity contribution < 1.29 is 16.8 Å². The fraction of sp³-hybridized carbons (Fsp3) is 0. The first-order chi connectivity index (χ1) is 1.41. The van der Waals surface area contributed by atoms with Crippen molar-refractivity contribution in [2.75, 3.05) is 0 Å². The molecule has 0 unspecified atom stereocenters. The maximum absolute atomic E-state index is 6.99.